The lowest BCUT2D eigenvalue weighted by atomic mass is 10.5. The van der Waals surface area contributed by atoms with Gasteiger partial charge in [-0.25, -0.2) is 10.8 Å². The van der Waals surface area contributed by atoms with Gasteiger partial charge in [0.05, 0.1) is 12.7 Å². The Morgan fingerprint density at radius 1 is 1.30 bits per heavy atom. The summed E-state index contributed by atoms with van der Waals surface area (Å²) in [5.41, 5.74) is 2.37. The van der Waals surface area contributed by atoms with Gasteiger partial charge in [-0.3, -0.25) is 9.99 Å². The number of ether oxygens (including phenoxy) is 2. The molecule has 0 spiro atoms. The van der Waals surface area contributed by atoms with Crippen molar-refractivity contribution in [2.45, 2.75) is 20.0 Å². The average molecular weight is 279 g/mol. The van der Waals surface area contributed by atoms with E-state index in [0.29, 0.717) is 19.2 Å². The molecule has 0 aliphatic rings. The number of nitrogen functional groups attached to an aromatic ring is 1. The fraction of sp³-hybridized carbons (Fsp3) is 0.455. The van der Waals surface area contributed by atoms with E-state index < -0.39 is 0 Å². The standard InChI is InChI=1S/C11H17N7O2/c1-8(2)19-5-6-20-11-15-9(17-12)14-10(16-11)18-4-3-13-7-18/h3-4,7-8H,5-6,12H2,1-2H3,(H,14,15,16,17). The minimum Gasteiger partial charge on any atom is -0.461 e. The summed E-state index contributed by atoms with van der Waals surface area (Å²) in [7, 11) is 0. The topological polar surface area (TPSA) is 113 Å². The van der Waals surface area contributed by atoms with E-state index in [0.717, 1.165) is 0 Å². The first-order chi connectivity index (χ1) is 9.69. The van der Waals surface area contributed by atoms with Crippen LogP contribution in [0, 0.1) is 0 Å². The molecule has 2 aromatic rings. The Hall–Kier alpha value is -2.26. The van der Waals surface area contributed by atoms with Crippen LogP contribution in [-0.4, -0.2) is 43.8 Å². The summed E-state index contributed by atoms with van der Waals surface area (Å²) in [5, 5.41) is 0. The molecular weight excluding hydrogens is 262 g/mol. The molecule has 0 fully saturated rings. The van der Waals surface area contributed by atoms with Crippen LogP contribution in [-0.2, 0) is 4.74 Å². The minimum absolute atomic E-state index is 0.153. The van der Waals surface area contributed by atoms with Gasteiger partial charge < -0.3 is 9.47 Å². The molecule has 2 aromatic heterocycles. The zero-order valence-corrected chi connectivity index (χ0v) is 11.4. The number of imidazole rings is 1. The van der Waals surface area contributed by atoms with Crippen molar-refractivity contribution in [1.82, 2.24) is 24.5 Å². The molecule has 0 radical (unpaired) electrons. The number of hydrazine groups is 1. The van der Waals surface area contributed by atoms with Crippen molar-refractivity contribution in [2.24, 2.45) is 5.84 Å². The Labute approximate surface area is 116 Å². The van der Waals surface area contributed by atoms with Gasteiger partial charge in [-0.05, 0) is 13.8 Å². The van der Waals surface area contributed by atoms with Crippen LogP contribution in [0.1, 0.15) is 13.8 Å². The van der Waals surface area contributed by atoms with E-state index >= 15 is 0 Å². The average Bonchev–Trinajstić information content (AvgIpc) is 2.97. The van der Waals surface area contributed by atoms with Crippen LogP contribution in [0.4, 0.5) is 5.95 Å². The molecule has 9 nitrogen and oxygen atoms in total. The second-order valence-corrected chi connectivity index (χ2v) is 4.12. The van der Waals surface area contributed by atoms with Crippen LogP contribution in [0.25, 0.3) is 5.95 Å². The smallest absolute Gasteiger partial charge is 0.323 e. The van der Waals surface area contributed by atoms with Gasteiger partial charge in [-0.2, -0.15) is 15.0 Å². The van der Waals surface area contributed by atoms with Gasteiger partial charge >= 0.3 is 6.01 Å². The van der Waals surface area contributed by atoms with Gasteiger partial charge in [0.15, 0.2) is 0 Å². The van der Waals surface area contributed by atoms with Crippen molar-refractivity contribution in [3.05, 3.63) is 18.7 Å². The molecule has 0 aliphatic heterocycles. The minimum atomic E-state index is 0.153. The largest absolute Gasteiger partial charge is 0.461 e. The number of nitrogens with one attached hydrogen (secondary N) is 1. The predicted molar refractivity (Wildman–Crippen MR) is 71.3 cm³/mol. The molecule has 20 heavy (non-hydrogen) atoms. The highest BCUT2D eigenvalue weighted by atomic mass is 16.5. The Kier molecular flexibility index (Phi) is 4.80. The molecule has 3 N–H and O–H groups in total. The van der Waals surface area contributed by atoms with Crippen LogP contribution >= 0.6 is 0 Å². The Morgan fingerprint density at radius 2 is 2.15 bits per heavy atom. The molecule has 0 aliphatic carbocycles. The number of rotatable bonds is 7. The summed E-state index contributed by atoms with van der Waals surface area (Å²) in [6.45, 7) is 4.71. The summed E-state index contributed by atoms with van der Waals surface area (Å²) in [5.74, 6) is 5.91. The SMILES string of the molecule is CC(C)OCCOc1nc(NN)nc(-n2ccnc2)n1. The predicted octanol–water partition coefficient (Wildman–Crippen LogP) is 0.147. The maximum atomic E-state index is 5.42. The fourth-order valence-corrected chi connectivity index (χ4v) is 1.38. The number of aromatic nitrogens is 5. The summed E-state index contributed by atoms with van der Waals surface area (Å²) < 4.78 is 12.4. The lowest BCUT2D eigenvalue weighted by molar-refractivity contribution is 0.0531. The molecule has 0 atom stereocenters. The highest BCUT2D eigenvalue weighted by Crippen LogP contribution is 2.10. The van der Waals surface area contributed by atoms with Crippen LogP contribution in [0.5, 0.6) is 6.01 Å². The number of anilines is 1. The molecule has 0 amide bonds. The third-order valence-corrected chi connectivity index (χ3v) is 2.23. The zero-order chi connectivity index (χ0) is 14.4. The van der Waals surface area contributed by atoms with Crippen LogP contribution in [0.3, 0.4) is 0 Å². The first kappa shape index (κ1) is 14.2. The molecule has 0 saturated carbocycles. The van der Waals surface area contributed by atoms with Gasteiger partial charge in [0.2, 0.25) is 11.9 Å². The summed E-state index contributed by atoms with van der Waals surface area (Å²) in [4.78, 5) is 16.2. The van der Waals surface area contributed by atoms with Gasteiger partial charge in [-0.1, -0.05) is 0 Å². The third kappa shape index (κ3) is 3.87. The number of hydrogen-bond acceptors (Lipinski definition) is 8. The van der Waals surface area contributed by atoms with Crippen molar-refractivity contribution in [3.8, 4) is 12.0 Å². The molecule has 0 saturated heterocycles. The maximum Gasteiger partial charge on any atom is 0.323 e. The highest BCUT2D eigenvalue weighted by molar-refractivity contribution is 5.28. The van der Waals surface area contributed by atoms with Crippen molar-refractivity contribution in [3.63, 3.8) is 0 Å². The van der Waals surface area contributed by atoms with E-state index in [4.69, 9.17) is 15.3 Å². The van der Waals surface area contributed by atoms with Crippen LogP contribution in [0.2, 0.25) is 0 Å². The van der Waals surface area contributed by atoms with Crippen molar-refractivity contribution in [1.29, 1.82) is 0 Å². The molecule has 0 bridgehead atoms. The molecule has 2 rings (SSSR count). The van der Waals surface area contributed by atoms with Crippen molar-refractivity contribution < 1.29 is 9.47 Å². The second-order valence-electron chi connectivity index (χ2n) is 4.12. The normalized spacial score (nSPS) is 10.8. The van der Waals surface area contributed by atoms with E-state index in [2.05, 4.69) is 25.4 Å². The van der Waals surface area contributed by atoms with Crippen LogP contribution < -0.4 is 16.0 Å². The van der Waals surface area contributed by atoms with E-state index in [1.54, 1.807) is 23.3 Å². The molecule has 0 aromatic carbocycles. The van der Waals surface area contributed by atoms with E-state index in [1.807, 2.05) is 13.8 Å². The van der Waals surface area contributed by atoms with Gasteiger partial charge in [0, 0.05) is 12.4 Å². The van der Waals surface area contributed by atoms with Crippen molar-refractivity contribution in [2.75, 3.05) is 18.6 Å². The Morgan fingerprint density at radius 3 is 2.80 bits per heavy atom. The van der Waals surface area contributed by atoms with E-state index in [1.165, 1.54) is 0 Å². The monoisotopic (exact) mass is 279 g/mol. The van der Waals surface area contributed by atoms with Crippen molar-refractivity contribution >= 4 is 5.95 Å². The quantitative estimate of drug-likeness (QED) is 0.418. The Balaban J connectivity index is 2.06. The maximum absolute atomic E-state index is 5.42. The molecule has 108 valence electrons. The zero-order valence-electron chi connectivity index (χ0n) is 11.4. The molecule has 9 heteroatoms. The lowest BCUT2D eigenvalue weighted by Crippen LogP contribution is -2.16. The lowest BCUT2D eigenvalue weighted by Gasteiger charge is -2.09. The van der Waals surface area contributed by atoms with Gasteiger partial charge in [-0.15, -0.1) is 0 Å². The summed E-state index contributed by atoms with van der Waals surface area (Å²) in [6, 6.07) is 0.170. The van der Waals surface area contributed by atoms with Gasteiger partial charge in [0.25, 0.3) is 0 Å². The number of nitrogens with zero attached hydrogens (tertiary/aromatic N) is 5. The highest BCUT2D eigenvalue weighted by Gasteiger charge is 2.08. The second kappa shape index (κ2) is 6.78. The van der Waals surface area contributed by atoms with E-state index in [-0.39, 0.29) is 18.1 Å². The molecule has 0 unspecified atom stereocenters. The van der Waals surface area contributed by atoms with Crippen LogP contribution in [0.15, 0.2) is 18.7 Å². The number of nitrogens with two attached hydrogens (primary N) is 1. The van der Waals surface area contributed by atoms with Gasteiger partial charge in [0.1, 0.15) is 12.9 Å². The first-order valence-electron chi connectivity index (χ1n) is 6.14. The summed E-state index contributed by atoms with van der Waals surface area (Å²) in [6.07, 6.45) is 5.05. The third-order valence-electron chi connectivity index (χ3n) is 2.23. The molecular formula is C11H17N7O2. The number of hydrogen-bond donors (Lipinski definition) is 2. The van der Waals surface area contributed by atoms with E-state index in [9.17, 15) is 0 Å². The summed E-state index contributed by atoms with van der Waals surface area (Å²) >= 11 is 0. The first-order valence-corrected chi connectivity index (χ1v) is 6.14. The fourth-order valence-electron chi connectivity index (χ4n) is 1.38. The Bertz CT molecular complexity index is 530. The molecule has 2 heterocycles.